The first-order chi connectivity index (χ1) is 6.72. The van der Waals surface area contributed by atoms with Gasteiger partial charge in [0, 0.05) is 24.9 Å². The first kappa shape index (κ1) is 9.45. The summed E-state index contributed by atoms with van der Waals surface area (Å²) in [6.45, 7) is 2.77. The average Bonchev–Trinajstić information content (AvgIpc) is 2.71. The van der Waals surface area contributed by atoms with Gasteiger partial charge in [-0.25, -0.2) is 0 Å². The summed E-state index contributed by atoms with van der Waals surface area (Å²) in [5.41, 5.74) is 1.16. The molecule has 76 valence electrons. The number of imidazole rings is 1. The second-order valence-electron chi connectivity index (χ2n) is 3.47. The van der Waals surface area contributed by atoms with E-state index in [2.05, 4.69) is 17.2 Å². The Morgan fingerprint density at radius 1 is 1.71 bits per heavy atom. The van der Waals surface area contributed by atoms with Gasteiger partial charge >= 0.3 is 0 Å². The molecule has 1 aromatic rings. The van der Waals surface area contributed by atoms with Crippen LogP contribution in [0.3, 0.4) is 0 Å². The van der Waals surface area contributed by atoms with E-state index in [1.54, 1.807) is 0 Å². The minimum atomic E-state index is 0.111. The molecule has 4 nitrogen and oxygen atoms in total. The van der Waals surface area contributed by atoms with E-state index in [9.17, 15) is 4.79 Å². The van der Waals surface area contributed by atoms with Crippen molar-refractivity contribution in [2.24, 2.45) is 0 Å². The lowest BCUT2D eigenvalue weighted by Crippen LogP contribution is -2.16. The highest BCUT2D eigenvalue weighted by Gasteiger charge is 2.24. The Hall–Kier alpha value is -1.10. The van der Waals surface area contributed by atoms with Crippen LogP contribution in [0.1, 0.15) is 25.1 Å². The topological polar surface area (TPSA) is 49.8 Å². The minimum Gasteiger partial charge on any atom is -0.354 e. The van der Waals surface area contributed by atoms with Crippen LogP contribution in [0.4, 0.5) is 0 Å². The molecule has 2 N–H and O–H groups in total. The highest BCUT2D eigenvalue weighted by molar-refractivity contribution is 7.71. The predicted molar refractivity (Wildman–Crippen MR) is 55.7 cm³/mol. The number of aryl methyl sites for hydroxylation is 1. The van der Waals surface area contributed by atoms with Gasteiger partial charge in [0.1, 0.15) is 0 Å². The van der Waals surface area contributed by atoms with Crippen LogP contribution in [0.2, 0.25) is 0 Å². The smallest absolute Gasteiger partial charge is 0.222 e. The lowest BCUT2D eigenvalue weighted by Gasteiger charge is -2.12. The number of H-pyrrole nitrogens is 1. The van der Waals surface area contributed by atoms with Gasteiger partial charge in [0.05, 0.1) is 6.04 Å². The molecule has 1 saturated heterocycles. The summed E-state index contributed by atoms with van der Waals surface area (Å²) in [4.78, 5) is 14.1. The fraction of sp³-hybridized carbons (Fsp3) is 0.556. The summed E-state index contributed by atoms with van der Waals surface area (Å²) >= 11 is 5.18. The lowest BCUT2D eigenvalue weighted by molar-refractivity contribution is -0.119. The Morgan fingerprint density at radius 2 is 2.50 bits per heavy atom. The van der Waals surface area contributed by atoms with Gasteiger partial charge in [0.15, 0.2) is 4.77 Å². The molecular weight excluding hydrogens is 198 g/mol. The third-order valence-corrected chi connectivity index (χ3v) is 2.89. The van der Waals surface area contributed by atoms with Crippen LogP contribution >= 0.6 is 12.2 Å². The number of carbonyl (C=O) groups is 1. The van der Waals surface area contributed by atoms with E-state index in [-0.39, 0.29) is 11.9 Å². The molecule has 0 saturated carbocycles. The van der Waals surface area contributed by atoms with Crippen molar-refractivity contribution >= 4 is 18.1 Å². The largest absolute Gasteiger partial charge is 0.354 e. The normalized spacial score (nSPS) is 21.2. The number of nitrogens with one attached hydrogen (secondary N) is 2. The van der Waals surface area contributed by atoms with Crippen LogP contribution in [0.25, 0.3) is 0 Å². The van der Waals surface area contributed by atoms with Gasteiger partial charge in [0.2, 0.25) is 5.91 Å². The fourth-order valence-electron chi connectivity index (χ4n) is 1.86. The molecule has 1 atom stereocenters. The van der Waals surface area contributed by atoms with Crippen LogP contribution in [-0.2, 0) is 11.2 Å². The SMILES string of the molecule is CCc1c[nH]c(=S)n1C1CNC(=O)C1. The number of hydrogen-bond donors (Lipinski definition) is 2. The first-order valence-electron chi connectivity index (χ1n) is 4.78. The minimum absolute atomic E-state index is 0.111. The third-order valence-electron chi connectivity index (χ3n) is 2.57. The van der Waals surface area contributed by atoms with Crippen LogP contribution in [-0.4, -0.2) is 22.0 Å². The molecule has 1 fully saturated rings. The third kappa shape index (κ3) is 1.48. The second kappa shape index (κ2) is 3.57. The molecular formula is C9H13N3OS. The van der Waals surface area contributed by atoms with Gasteiger partial charge < -0.3 is 14.9 Å². The summed E-state index contributed by atoms with van der Waals surface area (Å²) in [6, 6.07) is 0.191. The van der Waals surface area contributed by atoms with Crippen LogP contribution in [0, 0.1) is 4.77 Å². The predicted octanol–water partition coefficient (Wildman–Crippen LogP) is 1.17. The Kier molecular flexibility index (Phi) is 2.41. The quantitative estimate of drug-likeness (QED) is 0.721. The molecule has 1 aliphatic rings. The summed E-state index contributed by atoms with van der Waals surface area (Å²) in [7, 11) is 0. The average molecular weight is 211 g/mol. The zero-order valence-corrected chi connectivity index (χ0v) is 8.86. The van der Waals surface area contributed by atoms with E-state index in [4.69, 9.17) is 12.2 Å². The molecule has 1 unspecified atom stereocenters. The van der Waals surface area contributed by atoms with Crippen molar-refractivity contribution in [2.45, 2.75) is 25.8 Å². The Morgan fingerprint density at radius 3 is 3.07 bits per heavy atom. The van der Waals surface area contributed by atoms with Crippen molar-refractivity contribution in [3.8, 4) is 0 Å². The van der Waals surface area contributed by atoms with E-state index in [0.717, 1.165) is 12.1 Å². The van der Waals surface area contributed by atoms with Gasteiger partial charge in [-0.2, -0.15) is 0 Å². The number of hydrogen-bond acceptors (Lipinski definition) is 2. The zero-order valence-electron chi connectivity index (χ0n) is 8.04. The van der Waals surface area contributed by atoms with Crippen molar-refractivity contribution in [2.75, 3.05) is 6.54 Å². The molecule has 0 spiro atoms. The molecule has 1 aromatic heterocycles. The molecule has 0 aromatic carbocycles. The lowest BCUT2D eigenvalue weighted by atomic mass is 10.2. The number of aromatic nitrogens is 2. The summed E-state index contributed by atoms with van der Waals surface area (Å²) in [5, 5.41) is 2.82. The standard InChI is InChI=1S/C9H13N3OS/c1-2-6-4-11-9(14)12(6)7-3-8(13)10-5-7/h4,7H,2-3,5H2,1H3,(H,10,13)(H,11,14). The summed E-state index contributed by atoms with van der Waals surface area (Å²) < 4.78 is 2.76. The summed E-state index contributed by atoms with van der Waals surface area (Å²) in [5.74, 6) is 0.111. The maximum Gasteiger partial charge on any atom is 0.222 e. The maximum atomic E-state index is 11.1. The van der Waals surface area contributed by atoms with Crippen molar-refractivity contribution in [3.63, 3.8) is 0 Å². The van der Waals surface area contributed by atoms with Crippen LogP contribution in [0.5, 0.6) is 0 Å². The number of rotatable bonds is 2. The maximum absolute atomic E-state index is 11.1. The van der Waals surface area contributed by atoms with Crippen LogP contribution in [0.15, 0.2) is 6.20 Å². The molecule has 0 aliphatic carbocycles. The fourth-order valence-corrected chi connectivity index (χ4v) is 2.19. The van der Waals surface area contributed by atoms with Crippen molar-refractivity contribution in [3.05, 3.63) is 16.7 Å². The number of carbonyl (C=O) groups excluding carboxylic acids is 1. The van der Waals surface area contributed by atoms with Gasteiger partial charge in [-0.3, -0.25) is 4.79 Å². The molecule has 14 heavy (non-hydrogen) atoms. The molecule has 2 heterocycles. The Bertz CT molecular complexity index is 406. The van der Waals surface area contributed by atoms with E-state index >= 15 is 0 Å². The van der Waals surface area contributed by atoms with Gasteiger partial charge in [-0.05, 0) is 18.6 Å². The highest BCUT2D eigenvalue weighted by atomic mass is 32.1. The van der Waals surface area contributed by atoms with Crippen molar-refractivity contribution in [1.29, 1.82) is 0 Å². The van der Waals surface area contributed by atoms with Crippen LogP contribution < -0.4 is 5.32 Å². The molecule has 0 radical (unpaired) electrons. The van der Waals surface area contributed by atoms with Gasteiger partial charge in [0.25, 0.3) is 0 Å². The number of nitrogens with zero attached hydrogens (tertiary/aromatic N) is 1. The van der Waals surface area contributed by atoms with Crippen molar-refractivity contribution in [1.82, 2.24) is 14.9 Å². The van der Waals surface area contributed by atoms with Crippen molar-refractivity contribution < 1.29 is 4.79 Å². The molecule has 1 aliphatic heterocycles. The van der Waals surface area contributed by atoms with Gasteiger partial charge in [-0.1, -0.05) is 6.92 Å². The zero-order chi connectivity index (χ0) is 10.1. The monoisotopic (exact) mass is 211 g/mol. The van der Waals surface area contributed by atoms with E-state index in [1.807, 2.05) is 10.8 Å². The number of aromatic amines is 1. The highest BCUT2D eigenvalue weighted by Crippen LogP contribution is 2.19. The summed E-state index contributed by atoms with van der Waals surface area (Å²) in [6.07, 6.45) is 3.39. The Balaban J connectivity index is 2.35. The van der Waals surface area contributed by atoms with E-state index < -0.39 is 0 Å². The molecule has 1 amide bonds. The first-order valence-corrected chi connectivity index (χ1v) is 5.18. The molecule has 5 heteroatoms. The molecule has 2 rings (SSSR count). The second-order valence-corrected chi connectivity index (χ2v) is 3.86. The van der Waals surface area contributed by atoms with E-state index in [0.29, 0.717) is 17.7 Å². The van der Waals surface area contributed by atoms with E-state index in [1.165, 1.54) is 0 Å². The molecule has 0 bridgehead atoms. The number of amides is 1. The van der Waals surface area contributed by atoms with Gasteiger partial charge in [-0.15, -0.1) is 0 Å². The Labute approximate surface area is 87.3 Å².